The number of amides is 1. The predicted octanol–water partition coefficient (Wildman–Crippen LogP) is 2.86. The minimum absolute atomic E-state index is 0.245. The summed E-state index contributed by atoms with van der Waals surface area (Å²) in [6, 6.07) is 6.90. The molecule has 2 N–H and O–H groups in total. The summed E-state index contributed by atoms with van der Waals surface area (Å²) < 4.78 is 5.48. The minimum atomic E-state index is -0.313. The van der Waals surface area contributed by atoms with E-state index in [-0.39, 0.29) is 17.7 Å². The number of aliphatic hydroxyl groups is 1. The Morgan fingerprint density at radius 1 is 1.25 bits per heavy atom. The molecule has 0 aliphatic carbocycles. The quantitative estimate of drug-likeness (QED) is 0.701. The normalized spacial score (nSPS) is 16.8. The van der Waals surface area contributed by atoms with Crippen molar-refractivity contribution in [3.8, 4) is 0 Å². The Balaban J connectivity index is 1.46. The van der Waals surface area contributed by atoms with Crippen LogP contribution in [0.15, 0.2) is 34.9 Å². The number of β-amino-alcohol motifs (C(OH)–C–C–N with tert-alkyl or cyclic N) is 1. The number of oxazole rings is 1. The third kappa shape index (κ3) is 6.04. The first kappa shape index (κ1) is 20.8. The van der Waals surface area contributed by atoms with Gasteiger partial charge < -0.3 is 14.8 Å². The molecule has 1 amide bonds. The zero-order valence-corrected chi connectivity index (χ0v) is 16.9. The maximum atomic E-state index is 12.3. The zero-order chi connectivity index (χ0) is 19.9. The maximum absolute atomic E-state index is 12.3. The van der Waals surface area contributed by atoms with E-state index < -0.39 is 0 Å². The molecule has 7 nitrogen and oxygen atoms in total. The number of aromatic nitrogens is 1. The van der Waals surface area contributed by atoms with Crippen LogP contribution in [-0.4, -0.2) is 64.6 Å². The molecule has 0 unspecified atom stereocenters. The van der Waals surface area contributed by atoms with Crippen LogP contribution < -0.4 is 5.32 Å². The van der Waals surface area contributed by atoms with Crippen LogP contribution in [0.1, 0.15) is 36.1 Å². The highest BCUT2D eigenvalue weighted by molar-refractivity contribution is 6.30. The lowest BCUT2D eigenvalue weighted by Gasteiger charge is -2.34. The summed E-state index contributed by atoms with van der Waals surface area (Å²) >= 11 is 5.85. The van der Waals surface area contributed by atoms with Gasteiger partial charge in [-0.2, -0.15) is 0 Å². The van der Waals surface area contributed by atoms with Crippen molar-refractivity contribution in [2.24, 2.45) is 0 Å². The van der Waals surface area contributed by atoms with E-state index in [0.29, 0.717) is 23.1 Å². The molecule has 1 aromatic carbocycles. The van der Waals surface area contributed by atoms with E-state index in [4.69, 9.17) is 16.0 Å². The van der Waals surface area contributed by atoms with Gasteiger partial charge in [0.2, 0.25) is 5.89 Å². The fourth-order valence-corrected chi connectivity index (χ4v) is 3.39. The van der Waals surface area contributed by atoms with Gasteiger partial charge in [-0.1, -0.05) is 24.9 Å². The number of nitrogens with one attached hydrogen (secondary N) is 1. The molecule has 3 rings (SSSR count). The highest BCUT2D eigenvalue weighted by Crippen LogP contribution is 2.15. The van der Waals surface area contributed by atoms with E-state index in [2.05, 4.69) is 27.0 Å². The lowest BCUT2D eigenvalue weighted by Crippen LogP contribution is -2.48. The van der Waals surface area contributed by atoms with Gasteiger partial charge in [0, 0.05) is 43.4 Å². The summed E-state index contributed by atoms with van der Waals surface area (Å²) in [6.45, 7) is 6.97. The molecule has 1 saturated heterocycles. The van der Waals surface area contributed by atoms with Crippen LogP contribution in [0.5, 0.6) is 0 Å². The van der Waals surface area contributed by atoms with Crippen molar-refractivity contribution < 1.29 is 14.3 Å². The average molecular weight is 407 g/mol. The molecule has 0 radical (unpaired) electrons. The maximum Gasteiger partial charge on any atom is 0.277 e. The first-order valence-corrected chi connectivity index (χ1v) is 10.1. The molecule has 1 atom stereocenters. The molecule has 152 valence electrons. The predicted molar refractivity (Wildman–Crippen MR) is 109 cm³/mol. The fraction of sp³-hybridized carbons (Fsp3) is 0.500. The SMILES string of the molecule is CCC[C@H](O)CN1CCN(Cc2nc(C(=O)Nc3ccc(Cl)cc3)co2)CC1. The summed E-state index contributed by atoms with van der Waals surface area (Å²) in [4.78, 5) is 21.1. The van der Waals surface area contributed by atoms with Crippen molar-refractivity contribution >= 4 is 23.2 Å². The van der Waals surface area contributed by atoms with Gasteiger partial charge in [-0.05, 0) is 30.7 Å². The number of carbonyl (C=O) groups excluding carboxylic acids is 1. The number of hydrogen-bond acceptors (Lipinski definition) is 6. The number of aliphatic hydroxyl groups excluding tert-OH is 1. The molecule has 0 saturated carbocycles. The Bertz CT molecular complexity index is 757. The standard InChI is InChI=1S/C20H27ClN4O3/c1-2-3-17(26)12-24-8-10-25(11-9-24)13-19-23-18(14-28-19)20(27)22-16-6-4-15(21)5-7-16/h4-7,14,17,26H,2-3,8-13H2,1H3,(H,22,27)/t17-/m0/s1. The van der Waals surface area contributed by atoms with E-state index in [1.54, 1.807) is 24.3 Å². The lowest BCUT2D eigenvalue weighted by atomic mass is 10.2. The molecular weight excluding hydrogens is 380 g/mol. The van der Waals surface area contributed by atoms with Crippen LogP contribution in [0.2, 0.25) is 5.02 Å². The van der Waals surface area contributed by atoms with Crippen molar-refractivity contribution in [3.05, 3.63) is 47.1 Å². The van der Waals surface area contributed by atoms with Crippen molar-refractivity contribution in [3.63, 3.8) is 0 Å². The number of nitrogens with zero attached hydrogens (tertiary/aromatic N) is 3. The number of rotatable bonds is 8. The Morgan fingerprint density at radius 2 is 1.93 bits per heavy atom. The molecule has 2 heterocycles. The van der Waals surface area contributed by atoms with Crippen molar-refractivity contribution in [1.29, 1.82) is 0 Å². The summed E-state index contributed by atoms with van der Waals surface area (Å²) in [5, 5.41) is 13.3. The third-order valence-corrected chi connectivity index (χ3v) is 5.05. The number of carbonyl (C=O) groups is 1. The van der Waals surface area contributed by atoms with Crippen LogP contribution in [-0.2, 0) is 6.54 Å². The number of halogens is 1. The monoisotopic (exact) mass is 406 g/mol. The van der Waals surface area contributed by atoms with Crippen LogP contribution in [0.25, 0.3) is 0 Å². The summed E-state index contributed by atoms with van der Waals surface area (Å²) in [5.41, 5.74) is 0.909. The highest BCUT2D eigenvalue weighted by atomic mass is 35.5. The number of anilines is 1. The minimum Gasteiger partial charge on any atom is -0.447 e. The second-order valence-electron chi connectivity index (χ2n) is 7.11. The molecule has 1 aliphatic heterocycles. The summed E-state index contributed by atoms with van der Waals surface area (Å²) in [5.74, 6) is 0.216. The van der Waals surface area contributed by atoms with E-state index >= 15 is 0 Å². The van der Waals surface area contributed by atoms with Crippen molar-refractivity contribution in [2.45, 2.75) is 32.4 Å². The number of hydrogen-bond donors (Lipinski definition) is 2. The molecule has 0 spiro atoms. The van der Waals surface area contributed by atoms with Gasteiger partial charge in [-0.25, -0.2) is 4.98 Å². The molecule has 1 fully saturated rings. The average Bonchev–Trinajstić information content (AvgIpc) is 3.14. The highest BCUT2D eigenvalue weighted by Gasteiger charge is 2.21. The van der Waals surface area contributed by atoms with Crippen molar-refractivity contribution in [1.82, 2.24) is 14.8 Å². The van der Waals surface area contributed by atoms with Gasteiger partial charge in [0.05, 0.1) is 12.6 Å². The molecule has 0 bridgehead atoms. The molecule has 1 aliphatic rings. The molecule has 8 heteroatoms. The van der Waals surface area contributed by atoms with Gasteiger partial charge in [-0.15, -0.1) is 0 Å². The molecule has 2 aromatic rings. The van der Waals surface area contributed by atoms with Crippen LogP contribution >= 0.6 is 11.6 Å². The van der Waals surface area contributed by atoms with Crippen LogP contribution in [0.3, 0.4) is 0 Å². The number of piperazine rings is 1. The van der Waals surface area contributed by atoms with Gasteiger partial charge in [0.25, 0.3) is 5.91 Å². The lowest BCUT2D eigenvalue weighted by molar-refractivity contribution is 0.0634. The fourth-order valence-electron chi connectivity index (χ4n) is 3.26. The third-order valence-electron chi connectivity index (χ3n) is 4.80. The largest absolute Gasteiger partial charge is 0.447 e. The van der Waals surface area contributed by atoms with E-state index in [1.807, 2.05) is 0 Å². The number of benzene rings is 1. The van der Waals surface area contributed by atoms with E-state index in [9.17, 15) is 9.90 Å². The first-order valence-electron chi connectivity index (χ1n) is 9.67. The van der Waals surface area contributed by atoms with Crippen molar-refractivity contribution in [2.75, 3.05) is 38.0 Å². The Labute approximate surface area is 170 Å². The Hall–Kier alpha value is -1.93. The first-order chi connectivity index (χ1) is 13.5. The van der Waals surface area contributed by atoms with Gasteiger partial charge in [0.15, 0.2) is 5.69 Å². The van der Waals surface area contributed by atoms with Gasteiger partial charge in [-0.3, -0.25) is 14.6 Å². The molecule has 28 heavy (non-hydrogen) atoms. The van der Waals surface area contributed by atoms with Crippen LogP contribution in [0.4, 0.5) is 5.69 Å². The summed E-state index contributed by atoms with van der Waals surface area (Å²) in [6.07, 6.45) is 2.99. The van der Waals surface area contributed by atoms with Crippen LogP contribution in [0, 0.1) is 0 Å². The topological polar surface area (TPSA) is 81.8 Å². The molecule has 1 aromatic heterocycles. The van der Waals surface area contributed by atoms with E-state index in [0.717, 1.165) is 45.6 Å². The smallest absolute Gasteiger partial charge is 0.277 e. The Kier molecular flexibility index (Phi) is 7.44. The molecular formula is C20H27ClN4O3. The van der Waals surface area contributed by atoms with E-state index in [1.165, 1.54) is 6.26 Å². The second kappa shape index (κ2) is 10.0. The Morgan fingerprint density at radius 3 is 2.61 bits per heavy atom. The second-order valence-corrected chi connectivity index (χ2v) is 7.54. The van der Waals surface area contributed by atoms with Gasteiger partial charge in [0.1, 0.15) is 6.26 Å². The van der Waals surface area contributed by atoms with Gasteiger partial charge >= 0.3 is 0 Å². The zero-order valence-electron chi connectivity index (χ0n) is 16.1. The summed E-state index contributed by atoms with van der Waals surface area (Å²) in [7, 11) is 0.